The Morgan fingerprint density at radius 3 is 1.86 bits per heavy atom. The van der Waals surface area contributed by atoms with Crippen molar-refractivity contribution in [1.82, 2.24) is 5.32 Å². The maximum atomic E-state index is 11.6. The zero-order chi connectivity index (χ0) is 16.1. The summed E-state index contributed by atoms with van der Waals surface area (Å²) in [7, 11) is 0. The van der Waals surface area contributed by atoms with Gasteiger partial charge in [-0.2, -0.15) is 0 Å². The molecule has 0 spiro atoms. The van der Waals surface area contributed by atoms with Crippen molar-refractivity contribution in [3.8, 4) is 0 Å². The maximum absolute atomic E-state index is 11.6. The van der Waals surface area contributed by atoms with Crippen LogP contribution in [0.4, 0.5) is 0 Å². The van der Waals surface area contributed by atoms with Gasteiger partial charge in [-0.25, -0.2) is 4.79 Å². The number of rotatable bonds is 13. The molecule has 0 bridgehead atoms. The van der Waals surface area contributed by atoms with Gasteiger partial charge in [0.05, 0.1) is 6.10 Å². The highest BCUT2D eigenvalue weighted by Crippen LogP contribution is 2.10. The van der Waals surface area contributed by atoms with Gasteiger partial charge in [0.2, 0.25) is 5.91 Å². The van der Waals surface area contributed by atoms with E-state index in [4.69, 9.17) is 5.11 Å². The SMILES string of the molecule is CCCCCCCCCCCC(=O)N[C@H](C(=O)O)C(C)O. The number of aliphatic hydroxyl groups is 1. The minimum absolute atomic E-state index is 0.300. The molecule has 124 valence electrons. The molecule has 1 unspecified atom stereocenters. The third-order valence-electron chi connectivity index (χ3n) is 3.57. The fourth-order valence-electron chi connectivity index (χ4n) is 2.23. The van der Waals surface area contributed by atoms with Gasteiger partial charge in [-0.1, -0.05) is 58.3 Å². The summed E-state index contributed by atoms with van der Waals surface area (Å²) in [6.45, 7) is 3.56. The monoisotopic (exact) mass is 301 g/mol. The van der Waals surface area contributed by atoms with Crippen molar-refractivity contribution >= 4 is 11.9 Å². The Bertz CT molecular complexity index is 292. The summed E-state index contributed by atoms with van der Waals surface area (Å²) in [5.41, 5.74) is 0. The Morgan fingerprint density at radius 1 is 0.952 bits per heavy atom. The molecule has 0 aromatic carbocycles. The highest BCUT2D eigenvalue weighted by molar-refractivity contribution is 5.83. The van der Waals surface area contributed by atoms with Crippen molar-refractivity contribution in [2.75, 3.05) is 0 Å². The zero-order valence-corrected chi connectivity index (χ0v) is 13.4. The summed E-state index contributed by atoms with van der Waals surface area (Å²) in [6.07, 6.45) is 9.77. The standard InChI is InChI=1S/C16H31NO4/c1-3-4-5-6-7-8-9-10-11-12-14(19)17-15(13(2)18)16(20)21/h13,15,18H,3-12H2,1-2H3,(H,17,19)(H,20,21)/t13?,15-/m0/s1. The van der Waals surface area contributed by atoms with E-state index in [1.807, 2.05) is 0 Å². The smallest absolute Gasteiger partial charge is 0.328 e. The molecule has 1 amide bonds. The van der Waals surface area contributed by atoms with Crippen LogP contribution in [0.1, 0.15) is 78.1 Å². The van der Waals surface area contributed by atoms with Crippen LogP contribution in [0.2, 0.25) is 0 Å². The third-order valence-corrected chi connectivity index (χ3v) is 3.57. The van der Waals surface area contributed by atoms with E-state index in [9.17, 15) is 14.7 Å². The molecule has 0 saturated carbocycles. The van der Waals surface area contributed by atoms with Gasteiger partial charge in [0, 0.05) is 6.42 Å². The number of aliphatic hydroxyl groups excluding tert-OH is 1. The van der Waals surface area contributed by atoms with Crippen LogP contribution in [0.3, 0.4) is 0 Å². The van der Waals surface area contributed by atoms with Crippen molar-refractivity contribution < 1.29 is 19.8 Å². The molecule has 0 heterocycles. The van der Waals surface area contributed by atoms with Crippen LogP contribution in [0.5, 0.6) is 0 Å². The lowest BCUT2D eigenvalue weighted by atomic mass is 10.1. The van der Waals surface area contributed by atoms with Crippen LogP contribution >= 0.6 is 0 Å². The second kappa shape index (κ2) is 12.6. The number of carboxylic acid groups (broad SMARTS) is 1. The second-order valence-electron chi connectivity index (χ2n) is 5.70. The van der Waals surface area contributed by atoms with E-state index in [1.165, 1.54) is 45.4 Å². The lowest BCUT2D eigenvalue weighted by Gasteiger charge is -2.16. The van der Waals surface area contributed by atoms with Crippen LogP contribution < -0.4 is 5.32 Å². The Morgan fingerprint density at radius 2 is 1.43 bits per heavy atom. The van der Waals surface area contributed by atoms with Gasteiger partial charge in [0.1, 0.15) is 0 Å². The van der Waals surface area contributed by atoms with E-state index in [0.717, 1.165) is 19.3 Å². The molecule has 0 aliphatic heterocycles. The molecule has 21 heavy (non-hydrogen) atoms. The first kappa shape index (κ1) is 19.9. The number of nitrogens with one attached hydrogen (secondary N) is 1. The molecule has 0 radical (unpaired) electrons. The molecule has 0 fully saturated rings. The fourth-order valence-corrected chi connectivity index (χ4v) is 2.23. The topological polar surface area (TPSA) is 86.6 Å². The molecule has 2 atom stereocenters. The number of carboxylic acids is 1. The van der Waals surface area contributed by atoms with Gasteiger partial charge in [0.25, 0.3) is 0 Å². The Hall–Kier alpha value is -1.10. The molecule has 0 rings (SSSR count). The van der Waals surface area contributed by atoms with Gasteiger partial charge in [-0.15, -0.1) is 0 Å². The number of hydrogen-bond acceptors (Lipinski definition) is 3. The van der Waals surface area contributed by atoms with E-state index >= 15 is 0 Å². The van der Waals surface area contributed by atoms with Gasteiger partial charge in [-0.3, -0.25) is 4.79 Å². The van der Waals surface area contributed by atoms with Crippen LogP contribution in [-0.2, 0) is 9.59 Å². The lowest BCUT2D eigenvalue weighted by molar-refractivity contribution is -0.144. The predicted molar refractivity (Wildman–Crippen MR) is 83.1 cm³/mol. The Balaban J connectivity index is 3.55. The normalized spacial score (nSPS) is 13.7. The quantitative estimate of drug-likeness (QED) is 0.457. The van der Waals surface area contributed by atoms with Crippen LogP contribution in [-0.4, -0.2) is 34.2 Å². The zero-order valence-electron chi connectivity index (χ0n) is 13.4. The Kier molecular flexibility index (Phi) is 12.0. The fraction of sp³-hybridized carbons (Fsp3) is 0.875. The molecule has 0 aliphatic carbocycles. The first-order valence-corrected chi connectivity index (χ1v) is 8.19. The van der Waals surface area contributed by atoms with Gasteiger partial charge in [-0.05, 0) is 13.3 Å². The summed E-state index contributed by atoms with van der Waals surface area (Å²) in [5.74, 6) is -1.50. The van der Waals surface area contributed by atoms with E-state index < -0.39 is 18.1 Å². The highest BCUT2D eigenvalue weighted by atomic mass is 16.4. The van der Waals surface area contributed by atoms with E-state index in [-0.39, 0.29) is 5.91 Å². The molecule has 5 heteroatoms. The molecule has 3 N–H and O–H groups in total. The summed E-state index contributed by atoms with van der Waals surface area (Å²) in [4.78, 5) is 22.4. The van der Waals surface area contributed by atoms with Crippen molar-refractivity contribution in [3.05, 3.63) is 0 Å². The summed E-state index contributed by atoms with van der Waals surface area (Å²) in [5, 5.41) is 20.5. The molecule has 0 aromatic heterocycles. The summed E-state index contributed by atoms with van der Waals surface area (Å²) < 4.78 is 0. The number of carbonyl (C=O) groups excluding carboxylic acids is 1. The van der Waals surface area contributed by atoms with E-state index in [1.54, 1.807) is 0 Å². The number of hydrogen-bond donors (Lipinski definition) is 3. The number of carbonyl (C=O) groups is 2. The average molecular weight is 301 g/mol. The average Bonchev–Trinajstić information content (AvgIpc) is 2.42. The van der Waals surface area contributed by atoms with Crippen molar-refractivity contribution in [1.29, 1.82) is 0 Å². The highest BCUT2D eigenvalue weighted by Gasteiger charge is 2.24. The minimum Gasteiger partial charge on any atom is -0.480 e. The molecular formula is C16H31NO4. The second-order valence-corrected chi connectivity index (χ2v) is 5.70. The minimum atomic E-state index is -1.21. The van der Waals surface area contributed by atoms with E-state index in [2.05, 4.69) is 12.2 Å². The molecule has 5 nitrogen and oxygen atoms in total. The molecule has 0 saturated heterocycles. The van der Waals surface area contributed by atoms with Crippen molar-refractivity contribution in [3.63, 3.8) is 0 Å². The van der Waals surface area contributed by atoms with Gasteiger partial charge >= 0.3 is 5.97 Å². The van der Waals surface area contributed by atoms with Crippen molar-refractivity contribution in [2.24, 2.45) is 0 Å². The number of aliphatic carboxylic acids is 1. The van der Waals surface area contributed by atoms with E-state index in [0.29, 0.717) is 6.42 Å². The first-order chi connectivity index (χ1) is 9.99. The van der Waals surface area contributed by atoms with Crippen LogP contribution in [0.15, 0.2) is 0 Å². The first-order valence-electron chi connectivity index (χ1n) is 8.19. The number of unbranched alkanes of at least 4 members (excludes halogenated alkanes) is 8. The number of amides is 1. The largest absolute Gasteiger partial charge is 0.480 e. The van der Waals surface area contributed by atoms with Gasteiger partial charge in [0.15, 0.2) is 6.04 Å². The van der Waals surface area contributed by atoms with Crippen molar-refractivity contribution in [2.45, 2.75) is 90.2 Å². The van der Waals surface area contributed by atoms with Gasteiger partial charge < -0.3 is 15.5 Å². The molecular weight excluding hydrogens is 270 g/mol. The van der Waals surface area contributed by atoms with Crippen LogP contribution in [0.25, 0.3) is 0 Å². The Labute approximate surface area is 128 Å². The molecule has 0 aliphatic rings. The lowest BCUT2D eigenvalue weighted by Crippen LogP contribution is -2.47. The predicted octanol–water partition coefficient (Wildman–Crippen LogP) is 2.86. The summed E-state index contributed by atoms with van der Waals surface area (Å²) >= 11 is 0. The third kappa shape index (κ3) is 11.3. The molecule has 0 aromatic rings. The maximum Gasteiger partial charge on any atom is 0.328 e. The summed E-state index contributed by atoms with van der Waals surface area (Å²) in [6, 6.07) is -1.21. The van der Waals surface area contributed by atoms with Crippen LogP contribution in [0, 0.1) is 0 Å².